The molecule has 0 radical (unpaired) electrons. The summed E-state index contributed by atoms with van der Waals surface area (Å²) in [6, 6.07) is 13.0. The quantitative estimate of drug-likeness (QED) is 0.645. The Labute approximate surface area is 189 Å². The normalized spacial score (nSPS) is 18.1. The number of carbonyl (C=O) groups excluding carboxylic acids is 2. The highest BCUT2D eigenvalue weighted by Crippen LogP contribution is 2.37. The zero-order valence-corrected chi connectivity index (χ0v) is 19.3. The number of ether oxygens (including phenoxy) is 3. The molecule has 1 saturated heterocycles. The summed E-state index contributed by atoms with van der Waals surface area (Å²) in [4.78, 5) is 27.9. The van der Waals surface area contributed by atoms with Crippen molar-refractivity contribution in [3.05, 3.63) is 53.6 Å². The average molecular weight is 441 g/mol. The van der Waals surface area contributed by atoms with Crippen LogP contribution in [0.25, 0.3) is 0 Å². The second kappa shape index (κ2) is 10.4. The largest absolute Gasteiger partial charge is 0.493 e. The summed E-state index contributed by atoms with van der Waals surface area (Å²) in [5.74, 6) is 0.874. The van der Waals surface area contributed by atoms with Crippen molar-refractivity contribution in [3.63, 3.8) is 0 Å². The Bertz CT molecular complexity index is 961. The van der Waals surface area contributed by atoms with E-state index >= 15 is 0 Å². The lowest BCUT2D eigenvalue weighted by Crippen LogP contribution is -2.52. The fourth-order valence-electron chi connectivity index (χ4n) is 4.26. The molecule has 1 heterocycles. The van der Waals surface area contributed by atoms with Gasteiger partial charge in [-0.25, -0.2) is 4.79 Å². The number of carbonyl (C=O) groups is 2. The first-order valence-corrected chi connectivity index (χ1v) is 10.9. The van der Waals surface area contributed by atoms with E-state index in [0.717, 1.165) is 17.5 Å². The van der Waals surface area contributed by atoms with Crippen LogP contribution in [0, 0.1) is 12.3 Å². The molecule has 0 unspecified atom stereocenters. The number of hydrogen-bond donors (Lipinski definition) is 1. The van der Waals surface area contributed by atoms with Crippen LogP contribution in [-0.2, 0) is 16.0 Å². The fraction of sp³-hybridized carbons (Fsp3) is 0.440. The Balaban J connectivity index is 1.81. The minimum atomic E-state index is -0.769. The number of hydrogen-bond acceptors (Lipinski definition) is 5. The third kappa shape index (κ3) is 5.15. The number of aryl methyl sites for hydroxylation is 1. The molecule has 0 saturated carbocycles. The lowest BCUT2D eigenvalue weighted by Gasteiger charge is -2.41. The maximum atomic E-state index is 13.1. The number of benzene rings is 2. The number of methoxy groups -OCH3 is 2. The maximum Gasteiger partial charge on any atom is 0.321 e. The van der Waals surface area contributed by atoms with Crippen molar-refractivity contribution >= 4 is 17.7 Å². The van der Waals surface area contributed by atoms with Crippen LogP contribution in [0.3, 0.4) is 0 Å². The minimum absolute atomic E-state index is 0.244. The summed E-state index contributed by atoms with van der Waals surface area (Å²) in [6.07, 6.45) is 1.95. The molecule has 2 aromatic rings. The van der Waals surface area contributed by atoms with Gasteiger partial charge in [0.05, 0.1) is 26.2 Å². The molecule has 1 N–H and O–H groups in total. The molecular formula is C25H32N2O5. The standard InChI is InChI=1S/C25H32N2O5/c1-5-32-23(28)25(16-19-10-7-6-9-18(19)2)13-8-14-27(17-25)24(29)26-20-11-12-21(30-3)22(15-20)31-4/h6-7,9-12,15H,5,8,13-14,16-17H2,1-4H3,(H,26,29)/t25-/m1/s1. The molecule has 7 heteroatoms. The Kier molecular flexibility index (Phi) is 7.62. The number of amides is 2. The SMILES string of the molecule is CCOC(=O)[C@@]1(Cc2ccccc2C)CCCN(C(=O)Nc2ccc(OC)c(OC)c2)C1. The van der Waals surface area contributed by atoms with Crippen LogP contribution >= 0.6 is 0 Å². The molecule has 0 aromatic heterocycles. The summed E-state index contributed by atoms with van der Waals surface area (Å²) < 4.78 is 16.0. The summed E-state index contributed by atoms with van der Waals surface area (Å²) >= 11 is 0. The molecule has 2 amide bonds. The van der Waals surface area contributed by atoms with Crippen LogP contribution in [0.1, 0.15) is 30.9 Å². The monoisotopic (exact) mass is 440 g/mol. The maximum absolute atomic E-state index is 13.1. The van der Waals surface area contributed by atoms with Crippen LogP contribution in [-0.4, -0.2) is 50.8 Å². The molecule has 1 fully saturated rings. The first kappa shape index (κ1) is 23.4. The van der Waals surface area contributed by atoms with E-state index in [-0.39, 0.29) is 12.0 Å². The van der Waals surface area contributed by atoms with Crippen molar-refractivity contribution in [1.29, 1.82) is 0 Å². The third-order valence-corrected chi connectivity index (χ3v) is 6.00. The molecule has 0 bridgehead atoms. The first-order chi connectivity index (χ1) is 15.4. The van der Waals surface area contributed by atoms with Gasteiger partial charge in [-0.2, -0.15) is 0 Å². The molecule has 1 atom stereocenters. The molecule has 7 nitrogen and oxygen atoms in total. The second-order valence-electron chi connectivity index (χ2n) is 8.13. The van der Waals surface area contributed by atoms with Crippen LogP contribution in [0.15, 0.2) is 42.5 Å². The summed E-state index contributed by atoms with van der Waals surface area (Å²) in [7, 11) is 3.11. The number of likely N-dealkylation sites (tertiary alicyclic amines) is 1. The van der Waals surface area contributed by atoms with E-state index in [0.29, 0.717) is 49.7 Å². The van der Waals surface area contributed by atoms with Crippen molar-refractivity contribution in [3.8, 4) is 11.5 Å². The number of nitrogens with zero attached hydrogens (tertiary/aromatic N) is 1. The van der Waals surface area contributed by atoms with E-state index in [4.69, 9.17) is 14.2 Å². The van der Waals surface area contributed by atoms with Gasteiger partial charge in [0.25, 0.3) is 0 Å². The van der Waals surface area contributed by atoms with Gasteiger partial charge in [-0.1, -0.05) is 24.3 Å². The molecule has 0 spiro atoms. The van der Waals surface area contributed by atoms with Crippen molar-refractivity contribution in [2.24, 2.45) is 5.41 Å². The van der Waals surface area contributed by atoms with Gasteiger partial charge in [-0.05, 0) is 56.4 Å². The van der Waals surface area contributed by atoms with Crippen LogP contribution < -0.4 is 14.8 Å². The highest BCUT2D eigenvalue weighted by molar-refractivity contribution is 5.90. The number of esters is 1. The van der Waals surface area contributed by atoms with Gasteiger partial charge in [0.15, 0.2) is 11.5 Å². The Morgan fingerprint density at radius 3 is 2.53 bits per heavy atom. The Morgan fingerprint density at radius 1 is 1.09 bits per heavy atom. The summed E-state index contributed by atoms with van der Waals surface area (Å²) in [6.45, 7) is 5.04. The van der Waals surface area contributed by atoms with Gasteiger partial charge in [0, 0.05) is 24.8 Å². The lowest BCUT2D eigenvalue weighted by atomic mass is 9.74. The molecule has 172 valence electrons. The molecule has 32 heavy (non-hydrogen) atoms. The molecule has 1 aliphatic rings. The van der Waals surface area contributed by atoms with Gasteiger partial charge < -0.3 is 24.4 Å². The molecule has 3 rings (SSSR count). The van der Waals surface area contributed by atoms with Gasteiger partial charge in [-0.15, -0.1) is 0 Å². The van der Waals surface area contributed by atoms with Gasteiger partial charge >= 0.3 is 12.0 Å². The number of nitrogens with one attached hydrogen (secondary N) is 1. The minimum Gasteiger partial charge on any atom is -0.493 e. The van der Waals surface area contributed by atoms with E-state index in [2.05, 4.69) is 5.32 Å². The van der Waals surface area contributed by atoms with E-state index in [1.807, 2.05) is 38.1 Å². The zero-order chi connectivity index (χ0) is 23.1. The van der Waals surface area contributed by atoms with Crippen molar-refractivity contribution in [2.45, 2.75) is 33.1 Å². The van der Waals surface area contributed by atoms with E-state index in [1.54, 1.807) is 37.3 Å². The van der Waals surface area contributed by atoms with Gasteiger partial charge in [0.2, 0.25) is 0 Å². The molecule has 2 aromatic carbocycles. The van der Waals surface area contributed by atoms with Crippen molar-refractivity contribution in [2.75, 3.05) is 39.2 Å². The predicted molar refractivity (Wildman–Crippen MR) is 123 cm³/mol. The fourth-order valence-corrected chi connectivity index (χ4v) is 4.26. The summed E-state index contributed by atoms with van der Waals surface area (Å²) in [5, 5.41) is 2.92. The Morgan fingerprint density at radius 2 is 1.84 bits per heavy atom. The van der Waals surface area contributed by atoms with E-state index < -0.39 is 5.41 Å². The number of rotatable bonds is 7. The highest BCUT2D eigenvalue weighted by atomic mass is 16.5. The lowest BCUT2D eigenvalue weighted by molar-refractivity contribution is -0.158. The van der Waals surface area contributed by atoms with Gasteiger partial charge in [0.1, 0.15) is 0 Å². The van der Waals surface area contributed by atoms with Crippen LogP contribution in [0.5, 0.6) is 11.5 Å². The van der Waals surface area contributed by atoms with E-state index in [1.165, 1.54) is 0 Å². The van der Waals surface area contributed by atoms with Crippen molar-refractivity contribution < 1.29 is 23.8 Å². The summed E-state index contributed by atoms with van der Waals surface area (Å²) in [5.41, 5.74) is 2.06. The van der Waals surface area contributed by atoms with Crippen LogP contribution in [0.4, 0.5) is 10.5 Å². The topological polar surface area (TPSA) is 77.1 Å². The smallest absolute Gasteiger partial charge is 0.321 e. The number of piperidine rings is 1. The third-order valence-electron chi connectivity index (χ3n) is 6.00. The highest BCUT2D eigenvalue weighted by Gasteiger charge is 2.45. The Hall–Kier alpha value is -3.22. The zero-order valence-electron chi connectivity index (χ0n) is 19.3. The average Bonchev–Trinajstić information content (AvgIpc) is 2.80. The molecular weight excluding hydrogens is 408 g/mol. The predicted octanol–water partition coefficient (Wildman–Crippen LogP) is 4.43. The number of anilines is 1. The molecule has 1 aliphatic heterocycles. The van der Waals surface area contributed by atoms with E-state index in [9.17, 15) is 9.59 Å². The van der Waals surface area contributed by atoms with Gasteiger partial charge in [-0.3, -0.25) is 4.79 Å². The molecule has 0 aliphatic carbocycles. The first-order valence-electron chi connectivity index (χ1n) is 10.9. The van der Waals surface area contributed by atoms with Crippen molar-refractivity contribution in [1.82, 2.24) is 4.90 Å². The number of urea groups is 1. The van der Waals surface area contributed by atoms with Crippen LogP contribution in [0.2, 0.25) is 0 Å². The second-order valence-corrected chi connectivity index (χ2v) is 8.13.